The number of benzene rings is 2. The highest BCUT2D eigenvalue weighted by atomic mass is 35.5. The molecule has 0 aliphatic carbocycles. The highest BCUT2D eigenvalue weighted by Crippen LogP contribution is 2.42. The van der Waals surface area contributed by atoms with E-state index in [2.05, 4.69) is 0 Å². The Morgan fingerprint density at radius 1 is 1.15 bits per heavy atom. The summed E-state index contributed by atoms with van der Waals surface area (Å²) in [5.74, 6) is -3.25. The number of carbonyl (C=O) groups excluding carboxylic acids is 1. The van der Waals surface area contributed by atoms with Gasteiger partial charge in [0.1, 0.15) is 12.4 Å². The molecule has 1 aromatic heterocycles. The molecule has 10 heteroatoms. The first-order valence-electron chi connectivity index (χ1n) is 10.2. The van der Waals surface area contributed by atoms with Crippen molar-refractivity contribution in [2.75, 3.05) is 13.1 Å². The molecule has 0 radical (unpaired) electrons. The number of halogens is 6. The smallest absolute Gasteiger partial charge is 0.341 e. The van der Waals surface area contributed by atoms with Crippen LogP contribution in [-0.2, 0) is 11.3 Å². The number of hydrogen-bond donors (Lipinski definition) is 0. The van der Waals surface area contributed by atoms with Crippen LogP contribution in [-0.4, -0.2) is 34.6 Å². The molecule has 1 aliphatic heterocycles. The maximum Gasteiger partial charge on any atom is 0.393 e. The van der Waals surface area contributed by atoms with Gasteiger partial charge in [0.2, 0.25) is 5.91 Å². The Kier molecular flexibility index (Phi) is 6.39. The van der Waals surface area contributed by atoms with E-state index >= 15 is 4.39 Å². The molecule has 2 heterocycles. The number of aromatic nitrogens is 1. The van der Waals surface area contributed by atoms with Crippen molar-refractivity contribution < 1.29 is 26.7 Å². The molecule has 176 valence electrons. The lowest BCUT2D eigenvalue weighted by Gasteiger charge is -2.19. The van der Waals surface area contributed by atoms with Crippen LogP contribution in [0.1, 0.15) is 17.7 Å². The van der Waals surface area contributed by atoms with Crippen molar-refractivity contribution in [1.29, 1.82) is 0 Å². The molecule has 3 nitrogen and oxygen atoms in total. The third-order valence-electron chi connectivity index (χ3n) is 5.98. The van der Waals surface area contributed by atoms with E-state index in [0.29, 0.717) is 26.4 Å². The standard InChI is InChI=1S/C23H20ClF5N2OS/c1-12-4-3-5-17(19(12)25)33-22-13(2)31(21-15(22)6-7-16(24)20(21)26)11-18(32)30-9-8-14(10-30)23(27,28)29/h3-7,14H,8-11H2,1-2H3. The minimum atomic E-state index is -4.37. The van der Waals surface area contributed by atoms with Gasteiger partial charge in [-0.15, -0.1) is 0 Å². The fourth-order valence-electron chi connectivity index (χ4n) is 4.10. The van der Waals surface area contributed by atoms with Gasteiger partial charge in [-0.05, 0) is 44.0 Å². The summed E-state index contributed by atoms with van der Waals surface area (Å²) in [6, 6.07) is 7.93. The summed E-state index contributed by atoms with van der Waals surface area (Å²) in [5.41, 5.74) is 1.02. The van der Waals surface area contributed by atoms with Gasteiger partial charge in [0, 0.05) is 34.0 Å². The molecule has 0 bridgehead atoms. The van der Waals surface area contributed by atoms with E-state index in [1.807, 2.05) is 0 Å². The first-order chi connectivity index (χ1) is 15.5. The van der Waals surface area contributed by atoms with Crippen molar-refractivity contribution >= 4 is 40.2 Å². The van der Waals surface area contributed by atoms with Crippen LogP contribution in [0.2, 0.25) is 5.02 Å². The van der Waals surface area contributed by atoms with E-state index in [9.17, 15) is 22.4 Å². The second-order valence-electron chi connectivity index (χ2n) is 8.11. The second kappa shape index (κ2) is 8.83. The van der Waals surface area contributed by atoms with Gasteiger partial charge in [0.05, 0.1) is 16.5 Å². The Labute approximate surface area is 196 Å². The predicted octanol–water partition coefficient (Wildman–Crippen LogP) is 6.75. The van der Waals surface area contributed by atoms with E-state index in [0.717, 1.165) is 16.7 Å². The second-order valence-corrected chi connectivity index (χ2v) is 9.57. The number of alkyl halides is 3. The van der Waals surface area contributed by atoms with Gasteiger partial charge in [0.25, 0.3) is 0 Å². The molecular weight excluding hydrogens is 483 g/mol. The van der Waals surface area contributed by atoms with Crippen molar-refractivity contribution in [1.82, 2.24) is 9.47 Å². The number of hydrogen-bond acceptors (Lipinski definition) is 2. The zero-order valence-corrected chi connectivity index (χ0v) is 19.3. The number of nitrogens with zero attached hydrogens (tertiary/aromatic N) is 2. The molecule has 1 amide bonds. The zero-order chi connectivity index (χ0) is 24.1. The Hall–Kier alpha value is -2.26. The highest BCUT2D eigenvalue weighted by molar-refractivity contribution is 7.99. The van der Waals surface area contributed by atoms with Gasteiger partial charge in [-0.25, -0.2) is 8.78 Å². The molecule has 1 aliphatic rings. The Bertz CT molecular complexity index is 1240. The molecular formula is C23H20ClF5N2OS. The SMILES string of the molecule is Cc1cccc(Sc2c(C)n(CC(=O)N3CCC(C(F)(F)F)C3)c3c(F)c(Cl)ccc23)c1F. The highest BCUT2D eigenvalue weighted by Gasteiger charge is 2.44. The van der Waals surface area contributed by atoms with Gasteiger partial charge in [-0.2, -0.15) is 13.2 Å². The van der Waals surface area contributed by atoms with Crippen LogP contribution in [0.3, 0.4) is 0 Å². The molecule has 1 saturated heterocycles. The third-order valence-corrected chi connectivity index (χ3v) is 7.53. The minimum absolute atomic E-state index is 0.0133. The minimum Gasteiger partial charge on any atom is -0.341 e. The van der Waals surface area contributed by atoms with Gasteiger partial charge >= 0.3 is 6.18 Å². The summed E-state index contributed by atoms with van der Waals surface area (Å²) < 4.78 is 70.2. The number of rotatable bonds is 4. The molecule has 0 N–H and O–H groups in total. The van der Waals surface area contributed by atoms with Crippen LogP contribution >= 0.6 is 23.4 Å². The van der Waals surface area contributed by atoms with Crippen molar-refractivity contribution in [2.45, 2.75) is 42.8 Å². The van der Waals surface area contributed by atoms with Crippen molar-refractivity contribution in [3.8, 4) is 0 Å². The topological polar surface area (TPSA) is 25.2 Å². The van der Waals surface area contributed by atoms with Crippen LogP contribution in [0.5, 0.6) is 0 Å². The Morgan fingerprint density at radius 2 is 1.88 bits per heavy atom. The lowest BCUT2D eigenvalue weighted by molar-refractivity contribution is -0.171. The van der Waals surface area contributed by atoms with Crippen LogP contribution in [0.4, 0.5) is 22.0 Å². The molecule has 1 fully saturated rings. The first kappa shape index (κ1) is 23.9. The molecule has 0 spiro atoms. The van der Waals surface area contributed by atoms with Crippen LogP contribution < -0.4 is 0 Å². The maximum absolute atomic E-state index is 15.1. The van der Waals surface area contributed by atoms with Crippen molar-refractivity contribution in [3.05, 3.63) is 58.2 Å². The Morgan fingerprint density at radius 3 is 2.55 bits per heavy atom. The van der Waals surface area contributed by atoms with E-state index < -0.39 is 36.2 Å². The lowest BCUT2D eigenvalue weighted by Crippen LogP contribution is -2.34. The molecule has 1 unspecified atom stereocenters. The number of fused-ring (bicyclic) bond motifs is 1. The van der Waals surface area contributed by atoms with Crippen molar-refractivity contribution in [3.63, 3.8) is 0 Å². The normalized spacial score (nSPS) is 16.7. The number of likely N-dealkylation sites (tertiary alicyclic amines) is 1. The van der Waals surface area contributed by atoms with E-state index in [1.54, 1.807) is 38.1 Å². The summed E-state index contributed by atoms with van der Waals surface area (Å²) in [6.45, 7) is 2.53. The van der Waals surface area contributed by atoms with E-state index in [1.165, 1.54) is 10.6 Å². The largest absolute Gasteiger partial charge is 0.393 e. The summed E-state index contributed by atoms with van der Waals surface area (Å²) in [6.07, 6.45) is -4.53. The van der Waals surface area contributed by atoms with E-state index in [4.69, 9.17) is 11.6 Å². The quantitative estimate of drug-likeness (QED) is 0.369. The fraction of sp³-hybridized carbons (Fsp3) is 0.348. The fourth-order valence-corrected chi connectivity index (χ4v) is 5.40. The van der Waals surface area contributed by atoms with Gasteiger partial charge in [0.15, 0.2) is 5.82 Å². The monoisotopic (exact) mass is 502 g/mol. The summed E-state index contributed by atoms with van der Waals surface area (Å²) in [7, 11) is 0. The summed E-state index contributed by atoms with van der Waals surface area (Å²) in [5, 5.41) is 0.299. The Balaban J connectivity index is 1.73. The van der Waals surface area contributed by atoms with E-state index in [-0.39, 0.29) is 30.0 Å². The summed E-state index contributed by atoms with van der Waals surface area (Å²) >= 11 is 7.09. The number of aryl methyl sites for hydroxylation is 1. The first-order valence-corrected chi connectivity index (χ1v) is 11.4. The third kappa shape index (κ3) is 4.45. The predicted molar refractivity (Wildman–Crippen MR) is 118 cm³/mol. The van der Waals surface area contributed by atoms with Crippen LogP contribution in [0.15, 0.2) is 40.1 Å². The number of amides is 1. The van der Waals surface area contributed by atoms with Crippen LogP contribution in [0.25, 0.3) is 10.9 Å². The average molecular weight is 503 g/mol. The molecule has 0 saturated carbocycles. The van der Waals surface area contributed by atoms with Crippen LogP contribution in [0, 0.1) is 31.4 Å². The van der Waals surface area contributed by atoms with Gasteiger partial charge in [-0.3, -0.25) is 4.79 Å². The number of carbonyl (C=O) groups is 1. The molecule has 33 heavy (non-hydrogen) atoms. The maximum atomic E-state index is 15.1. The molecule has 3 aromatic rings. The van der Waals surface area contributed by atoms with Crippen molar-refractivity contribution in [2.24, 2.45) is 5.92 Å². The molecule has 2 aromatic carbocycles. The zero-order valence-electron chi connectivity index (χ0n) is 17.8. The lowest BCUT2D eigenvalue weighted by atomic mass is 10.1. The van der Waals surface area contributed by atoms with Gasteiger partial charge in [-0.1, -0.05) is 35.5 Å². The summed E-state index contributed by atoms with van der Waals surface area (Å²) in [4.78, 5) is 14.9. The average Bonchev–Trinajstić information content (AvgIpc) is 3.34. The molecule has 4 rings (SSSR count). The van der Waals surface area contributed by atoms with Gasteiger partial charge < -0.3 is 9.47 Å². The molecule has 1 atom stereocenters.